The van der Waals surface area contributed by atoms with Gasteiger partial charge in [-0.05, 0) is 43.9 Å². The molecule has 0 radical (unpaired) electrons. The summed E-state index contributed by atoms with van der Waals surface area (Å²) in [5, 5.41) is 6.94. The lowest BCUT2D eigenvalue weighted by Crippen LogP contribution is -2.49. The summed E-state index contributed by atoms with van der Waals surface area (Å²) in [5.74, 6) is 0.908. The third-order valence-corrected chi connectivity index (χ3v) is 5.13. The second-order valence-corrected chi connectivity index (χ2v) is 7.66. The number of carbonyl (C=O) groups is 1. The zero-order chi connectivity index (χ0) is 21.1. The van der Waals surface area contributed by atoms with Crippen molar-refractivity contribution in [3.63, 3.8) is 0 Å². The summed E-state index contributed by atoms with van der Waals surface area (Å²) in [6.07, 6.45) is 3.03. The van der Waals surface area contributed by atoms with E-state index in [4.69, 9.17) is 9.73 Å². The number of aliphatic imine (C=N–C) groups is 1. The number of methoxy groups -OCH3 is 1. The number of ether oxygens (including phenoxy) is 1. The first-order chi connectivity index (χ1) is 14.0. The molecule has 1 aromatic rings. The van der Waals surface area contributed by atoms with E-state index < -0.39 is 0 Å². The molecule has 2 rings (SSSR count). The highest BCUT2D eigenvalue weighted by Crippen LogP contribution is 2.10. The number of likely N-dealkylation sites (tertiary alicyclic amines) is 1. The highest BCUT2D eigenvalue weighted by atomic mass is 127. The Hall–Kier alpha value is -1.39. The minimum absolute atomic E-state index is 0. The zero-order valence-corrected chi connectivity index (χ0v) is 21.1. The molecule has 1 fully saturated rings. The van der Waals surface area contributed by atoms with Crippen LogP contribution >= 0.6 is 24.0 Å². The zero-order valence-electron chi connectivity index (χ0n) is 18.8. The van der Waals surface area contributed by atoms with E-state index in [-0.39, 0.29) is 29.9 Å². The molecule has 1 saturated heterocycles. The van der Waals surface area contributed by atoms with Crippen molar-refractivity contribution in [2.45, 2.75) is 32.2 Å². The minimum Gasteiger partial charge on any atom is -0.383 e. The standard InChI is InChI=1S/C22H37N5O2.HI/c1-5-23-22(25-20-10-13-27(14-11-20)15-16-29-4)24-12-9-18-7-6-8-19(17-18)21(28)26(2)3;/h6-8,17,20H,5,9-16H2,1-4H3,(H2,23,24,25);1H. The number of halogens is 1. The van der Waals surface area contributed by atoms with Crippen LogP contribution in [0, 0.1) is 0 Å². The number of amides is 1. The van der Waals surface area contributed by atoms with E-state index in [0.717, 1.165) is 69.1 Å². The summed E-state index contributed by atoms with van der Waals surface area (Å²) in [4.78, 5) is 20.9. The smallest absolute Gasteiger partial charge is 0.253 e. The molecule has 170 valence electrons. The van der Waals surface area contributed by atoms with Crippen molar-refractivity contribution in [3.8, 4) is 0 Å². The van der Waals surface area contributed by atoms with Crippen molar-refractivity contribution < 1.29 is 9.53 Å². The van der Waals surface area contributed by atoms with E-state index in [0.29, 0.717) is 12.6 Å². The Labute approximate surface area is 198 Å². The van der Waals surface area contributed by atoms with Gasteiger partial charge in [0.15, 0.2) is 5.96 Å². The van der Waals surface area contributed by atoms with Gasteiger partial charge in [0.1, 0.15) is 0 Å². The molecular weight excluding hydrogens is 493 g/mol. The molecule has 0 spiro atoms. The Balaban J connectivity index is 0.00000450. The predicted octanol–water partition coefficient (Wildman–Crippen LogP) is 2.21. The van der Waals surface area contributed by atoms with Gasteiger partial charge in [-0.2, -0.15) is 0 Å². The Morgan fingerprint density at radius 1 is 1.30 bits per heavy atom. The number of rotatable bonds is 9. The fraction of sp³-hybridized carbons (Fsp3) is 0.636. The van der Waals surface area contributed by atoms with Crippen LogP contribution in [-0.4, -0.2) is 88.2 Å². The second-order valence-electron chi connectivity index (χ2n) is 7.66. The summed E-state index contributed by atoms with van der Waals surface area (Å²) in [5.41, 5.74) is 1.85. The van der Waals surface area contributed by atoms with Crippen LogP contribution in [0.4, 0.5) is 0 Å². The van der Waals surface area contributed by atoms with Gasteiger partial charge in [0.05, 0.1) is 6.61 Å². The minimum atomic E-state index is 0. The number of nitrogens with one attached hydrogen (secondary N) is 2. The molecule has 0 unspecified atom stereocenters. The molecule has 1 amide bonds. The van der Waals surface area contributed by atoms with Gasteiger partial charge in [0.2, 0.25) is 0 Å². The molecule has 0 saturated carbocycles. The summed E-state index contributed by atoms with van der Waals surface area (Å²) in [6.45, 7) is 7.59. The van der Waals surface area contributed by atoms with Gasteiger partial charge in [-0.25, -0.2) is 0 Å². The van der Waals surface area contributed by atoms with Crippen molar-refractivity contribution in [1.82, 2.24) is 20.4 Å². The number of hydrogen-bond donors (Lipinski definition) is 2. The summed E-state index contributed by atoms with van der Waals surface area (Å²) in [7, 11) is 5.30. The van der Waals surface area contributed by atoms with Crippen LogP contribution in [0.15, 0.2) is 29.3 Å². The quantitative estimate of drug-likeness (QED) is 0.291. The van der Waals surface area contributed by atoms with Gasteiger partial charge < -0.3 is 25.2 Å². The maximum Gasteiger partial charge on any atom is 0.253 e. The van der Waals surface area contributed by atoms with E-state index in [9.17, 15) is 4.79 Å². The van der Waals surface area contributed by atoms with Crippen molar-refractivity contribution in [1.29, 1.82) is 0 Å². The lowest BCUT2D eigenvalue weighted by Gasteiger charge is -2.32. The van der Waals surface area contributed by atoms with Crippen LogP contribution < -0.4 is 10.6 Å². The Morgan fingerprint density at radius 2 is 2.03 bits per heavy atom. The average Bonchev–Trinajstić information content (AvgIpc) is 2.73. The van der Waals surface area contributed by atoms with Gasteiger partial charge in [-0.3, -0.25) is 9.79 Å². The largest absolute Gasteiger partial charge is 0.383 e. The van der Waals surface area contributed by atoms with Crippen LogP contribution in [0.25, 0.3) is 0 Å². The van der Waals surface area contributed by atoms with Crippen LogP contribution in [0.1, 0.15) is 35.7 Å². The Bertz CT molecular complexity index is 661. The van der Waals surface area contributed by atoms with Crippen molar-refractivity contribution in [2.24, 2.45) is 4.99 Å². The highest BCUT2D eigenvalue weighted by Gasteiger charge is 2.19. The molecule has 1 aliphatic rings. The van der Waals surface area contributed by atoms with Crippen molar-refractivity contribution >= 4 is 35.8 Å². The first-order valence-electron chi connectivity index (χ1n) is 10.6. The number of piperidine rings is 1. The molecule has 0 aromatic heterocycles. The van der Waals surface area contributed by atoms with Crippen LogP contribution in [0.5, 0.6) is 0 Å². The molecule has 0 atom stereocenters. The van der Waals surface area contributed by atoms with Gasteiger partial charge in [0, 0.05) is 65.5 Å². The molecule has 0 bridgehead atoms. The van der Waals surface area contributed by atoms with Gasteiger partial charge >= 0.3 is 0 Å². The first-order valence-corrected chi connectivity index (χ1v) is 10.6. The summed E-state index contributed by atoms with van der Waals surface area (Å²) >= 11 is 0. The summed E-state index contributed by atoms with van der Waals surface area (Å²) in [6, 6.07) is 8.27. The molecule has 2 N–H and O–H groups in total. The number of hydrogen-bond acceptors (Lipinski definition) is 4. The van der Waals surface area contributed by atoms with E-state index in [2.05, 4.69) is 28.5 Å². The maximum atomic E-state index is 12.1. The van der Waals surface area contributed by atoms with E-state index in [1.54, 1.807) is 26.1 Å². The Morgan fingerprint density at radius 3 is 2.67 bits per heavy atom. The number of nitrogens with zero attached hydrogens (tertiary/aromatic N) is 3. The van der Waals surface area contributed by atoms with Crippen LogP contribution in [0.3, 0.4) is 0 Å². The normalized spacial score (nSPS) is 15.4. The molecule has 0 aliphatic carbocycles. The second kappa shape index (κ2) is 14.6. The lowest BCUT2D eigenvalue weighted by atomic mass is 10.1. The number of carbonyl (C=O) groups excluding carboxylic acids is 1. The number of guanidine groups is 1. The number of benzene rings is 1. The fourth-order valence-corrected chi connectivity index (χ4v) is 3.45. The first kappa shape index (κ1) is 26.6. The lowest BCUT2D eigenvalue weighted by molar-refractivity contribution is 0.0827. The van der Waals surface area contributed by atoms with E-state index in [1.165, 1.54) is 0 Å². The van der Waals surface area contributed by atoms with E-state index >= 15 is 0 Å². The average molecular weight is 531 g/mol. The van der Waals surface area contributed by atoms with Gasteiger partial charge in [-0.1, -0.05) is 12.1 Å². The van der Waals surface area contributed by atoms with Crippen LogP contribution in [-0.2, 0) is 11.2 Å². The molecule has 7 nitrogen and oxygen atoms in total. The third-order valence-electron chi connectivity index (χ3n) is 5.13. The molecule has 1 heterocycles. The van der Waals surface area contributed by atoms with Gasteiger partial charge in [0.25, 0.3) is 5.91 Å². The van der Waals surface area contributed by atoms with Crippen molar-refractivity contribution in [2.75, 3.05) is 60.5 Å². The van der Waals surface area contributed by atoms with Crippen LogP contribution in [0.2, 0.25) is 0 Å². The molecule has 1 aliphatic heterocycles. The maximum absolute atomic E-state index is 12.1. The van der Waals surface area contributed by atoms with Gasteiger partial charge in [-0.15, -0.1) is 24.0 Å². The molecule has 30 heavy (non-hydrogen) atoms. The fourth-order valence-electron chi connectivity index (χ4n) is 3.45. The predicted molar refractivity (Wildman–Crippen MR) is 134 cm³/mol. The highest BCUT2D eigenvalue weighted by molar-refractivity contribution is 14.0. The third kappa shape index (κ3) is 9.18. The molecule has 1 aromatic carbocycles. The molecular formula is C22H38IN5O2. The topological polar surface area (TPSA) is 69.2 Å². The van der Waals surface area contributed by atoms with Crippen molar-refractivity contribution in [3.05, 3.63) is 35.4 Å². The van der Waals surface area contributed by atoms with E-state index in [1.807, 2.05) is 18.2 Å². The monoisotopic (exact) mass is 531 g/mol. The molecule has 8 heteroatoms. The summed E-state index contributed by atoms with van der Waals surface area (Å²) < 4.78 is 5.17. The SMILES string of the molecule is CCNC(=NCCc1cccc(C(=O)N(C)C)c1)NC1CCN(CCOC)CC1.I. The Kier molecular flexibility index (Phi) is 13.0.